The second-order valence-electron chi connectivity index (χ2n) is 2.68. The summed E-state index contributed by atoms with van der Waals surface area (Å²) >= 11 is 0. The number of aromatic nitrogens is 2. The Bertz CT molecular complexity index is 187. The van der Waals surface area contributed by atoms with Crippen molar-refractivity contribution in [2.24, 2.45) is 0 Å². The van der Waals surface area contributed by atoms with Crippen molar-refractivity contribution in [1.29, 1.82) is 0 Å². The highest BCUT2D eigenvalue weighted by Gasteiger charge is 2.15. The van der Waals surface area contributed by atoms with Crippen LogP contribution in [-0.4, -0.2) is 16.7 Å². The Morgan fingerprint density at radius 1 is 1.60 bits per heavy atom. The summed E-state index contributed by atoms with van der Waals surface area (Å²) in [5.74, 6) is 0. The first kappa shape index (κ1) is 5.92. The quantitative estimate of drug-likeness (QED) is 0.602. The van der Waals surface area contributed by atoms with Crippen LogP contribution in [0.25, 0.3) is 0 Å². The normalized spacial score (nSPS) is 25.4. The Morgan fingerprint density at radius 3 is 3.20 bits per heavy atom. The number of hydrogen-bond acceptors (Lipinski definition) is 2. The van der Waals surface area contributed by atoms with E-state index in [9.17, 15) is 0 Å². The van der Waals surface area contributed by atoms with Gasteiger partial charge in [-0.2, -0.15) is 5.10 Å². The van der Waals surface area contributed by atoms with Crippen LogP contribution >= 0.6 is 0 Å². The Kier molecular flexibility index (Phi) is 1.43. The van der Waals surface area contributed by atoms with Gasteiger partial charge in [0.15, 0.2) is 0 Å². The third-order valence-corrected chi connectivity index (χ3v) is 1.98. The molecule has 0 bridgehead atoms. The molecular weight excluding hydrogens is 126 g/mol. The van der Waals surface area contributed by atoms with Gasteiger partial charge in [0.05, 0.1) is 6.20 Å². The molecule has 1 aromatic heterocycles. The number of H-pyrrole nitrogens is 1. The fourth-order valence-electron chi connectivity index (χ4n) is 1.42. The van der Waals surface area contributed by atoms with E-state index in [2.05, 4.69) is 15.5 Å². The Morgan fingerprint density at radius 2 is 2.60 bits per heavy atom. The van der Waals surface area contributed by atoms with Crippen LogP contribution in [0.3, 0.4) is 0 Å². The van der Waals surface area contributed by atoms with E-state index in [0.717, 1.165) is 6.54 Å². The van der Waals surface area contributed by atoms with Crippen LogP contribution in [0.5, 0.6) is 0 Å². The molecule has 0 aromatic carbocycles. The van der Waals surface area contributed by atoms with Crippen molar-refractivity contribution in [3.8, 4) is 0 Å². The minimum atomic E-state index is 0.554. The summed E-state index contributed by atoms with van der Waals surface area (Å²) in [6.45, 7) is 1.15. The number of aromatic amines is 1. The monoisotopic (exact) mass is 137 g/mol. The molecule has 0 radical (unpaired) electrons. The highest BCUT2D eigenvalue weighted by atomic mass is 15.1. The summed E-state index contributed by atoms with van der Waals surface area (Å²) in [7, 11) is 0. The first-order chi connectivity index (χ1) is 4.97. The van der Waals surface area contributed by atoms with Gasteiger partial charge in [-0.25, -0.2) is 0 Å². The molecule has 2 heterocycles. The molecule has 2 N–H and O–H groups in total. The summed E-state index contributed by atoms with van der Waals surface area (Å²) in [4.78, 5) is 0. The van der Waals surface area contributed by atoms with Crippen molar-refractivity contribution in [1.82, 2.24) is 15.5 Å². The van der Waals surface area contributed by atoms with Crippen LogP contribution in [0.15, 0.2) is 12.4 Å². The SMILES string of the molecule is c1n[nH]cc1[C@@H]1CCCN1. The maximum Gasteiger partial charge on any atom is 0.0535 e. The van der Waals surface area contributed by atoms with E-state index in [1.54, 1.807) is 0 Å². The van der Waals surface area contributed by atoms with Crippen LogP contribution in [-0.2, 0) is 0 Å². The molecule has 0 amide bonds. The van der Waals surface area contributed by atoms with E-state index in [1.807, 2.05) is 12.4 Å². The summed E-state index contributed by atoms with van der Waals surface area (Å²) in [6, 6.07) is 0.554. The Labute approximate surface area is 59.8 Å². The lowest BCUT2D eigenvalue weighted by atomic mass is 10.1. The van der Waals surface area contributed by atoms with Gasteiger partial charge < -0.3 is 5.32 Å². The third kappa shape index (κ3) is 0.926. The molecule has 1 aromatic rings. The van der Waals surface area contributed by atoms with Gasteiger partial charge >= 0.3 is 0 Å². The van der Waals surface area contributed by atoms with Gasteiger partial charge in [-0.05, 0) is 19.4 Å². The van der Waals surface area contributed by atoms with Gasteiger partial charge in [0, 0.05) is 17.8 Å². The standard InChI is InChI=1S/C7H11N3/c1-2-7(8-3-1)6-4-9-10-5-6/h4-5,7-8H,1-3H2,(H,9,10)/t7-/m0/s1. The molecule has 0 saturated carbocycles. The molecule has 0 unspecified atom stereocenters. The Balaban J connectivity index is 2.12. The largest absolute Gasteiger partial charge is 0.310 e. The van der Waals surface area contributed by atoms with Gasteiger partial charge in [0.1, 0.15) is 0 Å². The zero-order valence-electron chi connectivity index (χ0n) is 5.80. The van der Waals surface area contributed by atoms with Crippen molar-refractivity contribution in [3.63, 3.8) is 0 Å². The fraction of sp³-hybridized carbons (Fsp3) is 0.571. The van der Waals surface area contributed by atoms with Crippen LogP contribution in [0, 0.1) is 0 Å². The van der Waals surface area contributed by atoms with Crippen LogP contribution in [0.1, 0.15) is 24.4 Å². The third-order valence-electron chi connectivity index (χ3n) is 1.98. The van der Waals surface area contributed by atoms with Crippen molar-refractivity contribution < 1.29 is 0 Å². The summed E-state index contributed by atoms with van der Waals surface area (Å²) in [6.07, 6.45) is 6.39. The maximum absolute atomic E-state index is 3.90. The van der Waals surface area contributed by atoms with Crippen LogP contribution in [0.4, 0.5) is 0 Å². The molecule has 3 nitrogen and oxygen atoms in total. The van der Waals surface area contributed by atoms with Gasteiger partial charge in [-0.15, -0.1) is 0 Å². The minimum absolute atomic E-state index is 0.554. The average Bonchev–Trinajstić information content (AvgIpc) is 2.59. The number of nitrogens with zero attached hydrogens (tertiary/aromatic N) is 1. The first-order valence-electron chi connectivity index (χ1n) is 3.69. The predicted octanol–water partition coefficient (Wildman–Crippen LogP) is 0.834. The topological polar surface area (TPSA) is 40.7 Å². The molecule has 1 fully saturated rings. The maximum atomic E-state index is 3.90. The van der Waals surface area contributed by atoms with Crippen molar-refractivity contribution in [2.45, 2.75) is 18.9 Å². The summed E-state index contributed by atoms with van der Waals surface area (Å²) < 4.78 is 0. The van der Waals surface area contributed by atoms with Gasteiger partial charge in [-0.3, -0.25) is 5.10 Å². The van der Waals surface area contributed by atoms with Gasteiger partial charge in [-0.1, -0.05) is 0 Å². The lowest BCUT2D eigenvalue weighted by Crippen LogP contribution is -2.11. The number of hydrogen-bond donors (Lipinski definition) is 2. The predicted molar refractivity (Wildman–Crippen MR) is 38.6 cm³/mol. The van der Waals surface area contributed by atoms with Gasteiger partial charge in [0.2, 0.25) is 0 Å². The molecule has 0 spiro atoms. The molecule has 1 aliphatic rings. The second kappa shape index (κ2) is 2.42. The van der Waals surface area contributed by atoms with E-state index >= 15 is 0 Å². The summed E-state index contributed by atoms with van der Waals surface area (Å²) in [5, 5.41) is 10.1. The molecule has 10 heavy (non-hydrogen) atoms. The molecule has 54 valence electrons. The molecule has 2 rings (SSSR count). The lowest BCUT2D eigenvalue weighted by Gasteiger charge is -2.04. The van der Waals surface area contributed by atoms with E-state index in [1.165, 1.54) is 18.4 Å². The molecule has 3 heteroatoms. The van der Waals surface area contributed by atoms with E-state index in [0.29, 0.717) is 6.04 Å². The zero-order valence-corrected chi connectivity index (χ0v) is 5.80. The van der Waals surface area contributed by atoms with Crippen LogP contribution in [0.2, 0.25) is 0 Å². The average molecular weight is 137 g/mol. The number of rotatable bonds is 1. The highest BCUT2D eigenvalue weighted by molar-refractivity contribution is 5.10. The molecule has 1 atom stereocenters. The first-order valence-corrected chi connectivity index (χ1v) is 3.69. The molecule has 0 aliphatic carbocycles. The smallest absolute Gasteiger partial charge is 0.0535 e. The van der Waals surface area contributed by atoms with E-state index < -0.39 is 0 Å². The van der Waals surface area contributed by atoms with Crippen molar-refractivity contribution in [2.75, 3.05) is 6.54 Å². The number of nitrogens with one attached hydrogen (secondary N) is 2. The fourth-order valence-corrected chi connectivity index (χ4v) is 1.42. The van der Waals surface area contributed by atoms with Crippen molar-refractivity contribution >= 4 is 0 Å². The second-order valence-corrected chi connectivity index (χ2v) is 2.68. The highest BCUT2D eigenvalue weighted by Crippen LogP contribution is 2.20. The summed E-state index contributed by atoms with van der Waals surface area (Å²) in [5.41, 5.74) is 1.29. The molecule has 1 aliphatic heterocycles. The Hall–Kier alpha value is -0.830. The zero-order chi connectivity index (χ0) is 6.81. The van der Waals surface area contributed by atoms with Crippen LogP contribution < -0.4 is 5.32 Å². The van der Waals surface area contributed by atoms with E-state index in [-0.39, 0.29) is 0 Å². The van der Waals surface area contributed by atoms with E-state index in [4.69, 9.17) is 0 Å². The molecular formula is C7H11N3. The minimum Gasteiger partial charge on any atom is -0.310 e. The van der Waals surface area contributed by atoms with Crippen molar-refractivity contribution in [3.05, 3.63) is 18.0 Å². The van der Waals surface area contributed by atoms with Gasteiger partial charge in [0.25, 0.3) is 0 Å². The lowest BCUT2D eigenvalue weighted by molar-refractivity contribution is 0.648. The molecule has 1 saturated heterocycles.